The number of nitrogens with one attached hydrogen (secondary N) is 2. The van der Waals surface area contributed by atoms with Gasteiger partial charge in [-0.3, -0.25) is 24.1 Å². The zero-order valence-corrected chi connectivity index (χ0v) is 26.2. The highest BCUT2D eigenvalue weighted by atomic mass is 79.9. The first-order valence-electron chi connectivity index (χ1n) is 13.0. The van der Waals surface area contributed by atoms with Gasteiger partial charge in [0.1, 0.15) is 6.54 Å². The molecule has 2 N–H and O–H groups in total. The summed E-state index contributed by atoms with van der Waals surface area (Å²) in [5.74, 6) is -0.671. The third-order valence-electron chi connectivity index (χ3n) is 6.76. The molecular formula is C31H30BrN3O6S. The van der Waals surface area contributed by atoms with E-state index in [0.717, 1.165) is 43.4 Å². The van der Waals surface area contributed by atoms with Gasteiger partial charge in [0.05, 0.1) is 12.0 Å². The van der Waals surface area contributed by atoms with E-state index < -0.39 is 23.6 Å². The van der Waals surface area contributed by atoms with Crippen LogP contribution in [0.4, 0.5) is 16.2 Å². The van der Waals surface area contributed by atoms with Gasteiger partial charge >= 0.3 is 0 Å². The summed E-state index contributed by atoms with van der Waals surface area (Å²) < 4.78 is 12.1. The molecule has 0 unspecified atom stereocenters. The molecule has 1 aliphatic rings. The van der Waals surface area contributed by atoms with Crippen LogP contribution in [0.3, 0.4) is 0 Å². The molecule has 1 heterocycles. The van der Waals surface area contributed by atoms with Crippen molar-refractivity contribution in [3.63, 3.8) is 0 Å². The number of imide groups is 1. The van der Waals surface area contributed by atoms with Gasteiger partial charge in [-0.2, -0.15) is 0 Å². The third-order valence-corrected chi connectivity index (χ3v) is 8.53. The minimum atomic E-state index is -0.559. The van der Waals surface area contributed by atoms with Gasteiger partial charge in [0.25, 0.3) is 17.1 Å². The first kappa shape index (κ1) is 30.9. The Morgan fingerprint density at radius 2 is 1.64 bits per heavy atom. The predicted molar refractivity (Wildman–Crippen MR) is 168 cm³/mol. The number of carbonyl (C=O) groups is 4. The minimum absolute atomic E-state index is 0.176. The molecular weight excluding hydrogens is 622 g/mol. The standard InChI is InChI=1S/C31H30BrN3O6S/c1-17-7-6-8-18(2)29(17)34-27(36)15-35-30(38)26(42-31(35)39)14-21-9-12-24(25(13-21)40-5)41-16-28(37)33-23-11-10-22(32)19(3)20(23)4/h6-14H,15-16H2,1-5H3,(H,33,37)(H,34,36)/b26-14+. The van der Waals surface area contributed by atoms with Gasteiger partial charge in [0, 0.05) is 15.8 Å². The van der Waals surface area contributed by atoms with Gasteiger partial charge in [-0.05, 0) is 97.6 Å². The van der Waals surface area contributed by atoms with Gasteiger partial charge < -0.3 is 20.1 Å². The van der Waals surface area contributed by atoms with Crippen molar-refractivity contribution in [3.05, 3.63) is 85.7 Å². The number of amides is 4. The highest BCUT2D eigenvalue weighted by Gasteiger charge is 2.36. The molecule has 42 heavy (non-hydrogen) atoms. The van der Waals surface area contributed by atoms with Crippen LogP contribution in [0.15, 0.2) is 57.9 Å². The Balaban J connectivity index is 1.40. The van der Waals surface area contributed by atoms with Crippen LogP contribution in [0.2, 0.25) is 0 Å². The molecule has 11 heteroatoms. The summed E-state index contributed by atoms with van der Waals surface area (Å²) in [4.78, 5) is 51.9. The molecule has 0 spiro atoms. The smallest absolute Gasteiger partial charge is 0.294 e. The average Bonchev–Trinajstić information content (AvgIpc) is 3.21. The maximum absolute atomic E-state index is 13.0. The second-order valence-corrected chi connectivity index (χ2v) is 11.5. The van der Waals surface area contributed by atoms with E-state index in [1.807, 2.05) is 58.0 Å². The van der Waals surface area contributed by atoms with E-state index in [1.54, 1.807) is 24.3 Å². The molecule has 0 bridgehead atoms. The van der Waals surface area contributed by atoms with Crippen molar-refractivity contribution in [2.24, 2.45) is 0 Å². The van der Waals surface area contributed by atoms with E-state index in [0.29, 0.717) is 28.4 Å². The van der Waals surface area contributed by atoms with Crippen LogP contribution >= 0.6 is 27.7 Å². The number of ether oxygens (including phenoxy) is 2. The highest BCUT2D eigenvalue weighted by molar-refractivity contribution is 9.10. The lowest BCUT2D eigenvalue weighted by Gasteiger charge is -2.15. The average molecular weight is 653 g/mol. The van der Waals surface area contributed by atoms with E-state index in [-0.39, 0.29) is 17.4 Å². The van der Waals surface area contributed by atoms with Crippen LogP contribution in [0.1, 0.15) is 27.8 Å². The molecule has 218 valence electrons. The topological polar surface area (TPSA) is 114 Å². The maximum atomic E-state index is 13.0. The zero-order chi connectivity index (χ0) is 30.6. The number of aryl methyl sites for hydroxylation is 2. The fraction of sp³-hybridized carbons (Fsp3) is 0.226. The second kappa shape index (κ2) is 13.3. The van der Waals surface area contributed by atoms with E-state index in [1.165, 1.54) is 7.11 Å². The molecule has 4 amide bonds. The quantitative estimate of drug-likeness (QED) is 0.258. The molecule has 4 rings (SSSR count). The molecule has 1 aliphatic heterocycles. The van der Waals surface area contributed by atoms with Crippen molar-refractivity contribution in [2.75, 3.05) is 30.9 Å². The SMILES string of the molecule is COc1cc(/C=C2/SC(=O)N(CC(=O)Nc3c(C)cccc3C)C2=O)ccc1OCC(=O)Nc1ccc(Br)c(C)c1C. The van der Waals surface area contributed by atoms with Crippen LogP contribution in [-0.4, -0.2) is 48.1 Å². The summed E-state index contributed by atoms with van der Waals surface area (Å²) in [5, 5.41) is 5.12. The number of rotatable bonds is 9. The van der Waals surface area contributed by atoms with Crippen LogP contribution in [0.5, 0.6) is 11.5 Å². The van der Waals surface area contributed by atoms with Gasteiger partial charge in [-0.15, -0.1) is 0 Å². The second-order valence-electron chi connectivity index (χ2n) is 9.67. The number of halogens is 1. The normalized spacial score (nSPS) is 13.9. The Morgan fingerprint density at radius 1 is 0.929 bits per heavy atom. The van der Waals surface area contributed by atoms with E-state index in [9.17, 15) is 19.2 Å². The predicted octanol–water partition coefficient (Wildman–Crippen LogP) is 6.38. The Kier molecular flexibility index (Phi) is 9.74. The van der Waals surface area contributed by atoms with Crippen LogP contribution in [0.25, 0.3) is 6.08 Å². The van der Waals surface area contributed by atoms with Crippen molar-refractivity contribution in [1.29, 1.82) is 0 Å². The van der Waals surface area contributed by atoms with Crippen LogP contribution in [0, 0.1) is 27.7 Å². The number of anilines is 2. The van der Waals surface area contributed by atoms with Gasteiger partial charge in [0.15, 0.2) is 18.1 Å². The first-order valence-corrected chi connectivity index (χ1v) is 14.6. The number of carbonyl (C=O) groups excluding carboxylic acids is 4. The third kappa shape index (κ3) is 7.03. The van der Waals surface area contributed by atoms with E-state index in [2.05, 4.69) is 26.6 Å². The lowest BCUT2D eigenvalue weighted by Crippen LogP contribution is -2.36. The number of hydrogen-bond acceptors (Lipinski definition) is 7. The number of thioether (sulfide) groups is 1. The van der Waals surface area contributed by atoms with E-state index in [4.69, 9.17) is 9.47 Å². The summed E-state index contributed by atoms with van der Waals surface area (Å²) in [6.45, 7) is 6.99. The monoisotopic (exact) mass is 651 g/mol. The van der Waals surface area contributed by atoms with Gasteiger partial charge in [-0.25, -0.2) is 0 Å². The lowest BCUT2D eigenvalue weighted by molar-refractivity contribution is -0.127. The number of para-hydroxylation sites is 1. The number of hydrogen-bond donors (Lipinski definition) is 2. The number of benzene rings is 3. The molecule has 0 radical (unpaired) electrons. The largest absolute Gasteiger partial charge is 0.493 e. The molecule has 1 fully saturated rings. The molecule has 1 saturated heterocycles. The number of nitrogens with zero attached hydrogens (tertiary/aromatic N) is 1. The fourth-order valence-corrected chi connectivity index (χ4v) is 5.54. The van der Waals surface area contributed by atoms with Gasteiger partial charge in [-0.1, -0.05) is 40.2 Å². The summed E-state index contributed by atoms with van der Waals surface area (Å²) in [6, 6.07) is 14.3. The van der Waals surface area contributed by atoms with Crippen molar-refractivity contribution in [1.82, 2.24) is 4.90 Å². The van der Waals surface area contributed by atoms with Crippen molar-refractivity contribution >= 4 is 68.1 Å². The van der Waals surface area contributed by atoms with Crippen molar-refractivity contribution in [2.45, 2.75) is 27.7 Å². The minimum Gasteiger partial charge on any atom is -0.493 e. The Hall–Kier alpha value is -4.09. The molecule has 3 aromatic carbocycles. The van der Waals surface area contributed by atoms with Crippen molar-refractivity contribution < 1.29 is 28.7 Å². The van der Waals surface area contributed by atoms with Crippen molar-refractivity contribution in [3.8, 4) is 11.5 Å². The molecule has 0 atom stereocenters. The van der Waals surface area contributed by atoms with Gasteiger partial charge in [0.2, 0.25) is 5.91 Å². The first-order chi connectivity index (χ1) is 20.0. The fourth-order valence-electron chi connectivity index (χ4n) is 4.27. The molecule has 9 nitrogen and oxygen atoms in total. The summed E-state index contributed by atoms with van der Waals surface area (Å²) in [6.07, 6.45) is 1.55. The van der Waals surface area contributed by atoms with E-state index >= 15 is 0 Å². The lowest BCUT2D eigenvalue weighted by atomic mass is 10.1. The van der Waals surface area contributed by atoms with Crippen LogP contribution in [-0.2, 0) is 14.4 Å². The summed E-state index contributed by atoms with van der Waals surface area (Å²) in [5.41, 5.74) is 5.69. The zero-order valence-electron chi connectivity index (χ0n) is 23.8. The number of methoxy groups -OCH3 is 1. The summed E-state index contributed by atoms with van der Waals surface area (Å²) in [7, 11) is 1.46. The molecule has 0 aromatic heterocycles. The molecule has 3 aromatic rings. The Labute approximate surface area is 256 Å². The molecule has 0 aliphatic carbocycles. The highest BCUT2D eigenvalue weighted by Crippen LogP contribution is 2.35. The molecule has 0 saturated carbocycles. The van der Waals surface area contributed by atoms with Crippen LogP contribution < -0.4 is 20.1 Å². The Morgan fingerprint density at radius 3 is 2.33 bits per heavy atom. The summed E-state index contributed by atoms with van der Waals surface area (Å²) >= 11 is 4.24. The Bertz CT molecular complexity index is 1600. The maximum Gasteiger partial charge on any atom is 0.294 e.